The normalized spacial score (nSPS) is 14.2. The van der Waals surface area contributed by atoms with E-state index in [1.165, 1.54) is 4.88 Å². The summed E-state index contributed by atoms with van der Waals surface area (Å²) >= 11 is 1.73. The van der Waals surface area contributed by atoms with E-state index >= 15 is 0 Å². The van der Waals surface area contributed by atoms with Crippen LogP contribution in [0.3, 0.4) is 0 Å². The van der Waals surface area contributed by atoms with Gasteiger partial charge in [0.15, 0.2) is 5.96 Å². The molecule has 0 radical (unpaired) electrons. The molecule has 0 saturated carbocycles. The maximum absolute atomic E-state index is 5.55. The van der Waals surface area contributed by atoms with Crippen molar-refractivity contribution in [1.82, 2.24) is 10.6 Å². The maximum atomic E-state index is 5.55. The fraction of sp³-hybridized carbons (Fsp3) is 0.667. The number of guanidine groups is 1. The number of nitrogens with one attached hydrogen (secondary N) is 2. The zero-order valence-electron chi connectivity index (χ0n) is 13.2. The van der Waals surface area contributed by atoms with Gasteiger partial charge in [-0.05, 0) is 23.8 Å². The van der Waals surface area contributed by atoms with E-state index in [-0.39, 0.29) is 11.5 Å². The molecule has 4 nitrogen and oxygen atoms in total. The quantitative estimate of drug-likeness (QED) is 0.627. The van der Waals surface area contributed by atoms with Gasteiger partial charge in [0, 0.05) is 25.1 Å². The number of methoxy groups -OCH3 is 1. The minimum absolute atomic E-state index is 0.104. The molecule has 0 aromatic carbocycles. The Kier molecular flexibility index (Phi) is 7.02. The van der Waals surface area contributed by atoms with Crippen molar-refractivity contribution in [2.24, 2.45) is 10.4 Å². The monoisotopic (exact) mass is 297 g/mol. The first kappa shape index (κ1) is 17.0. The van der Waals surface area contributed by atoms with Crippen LogP contribution < -0.4 is 10.6 Å². The van der Waals surface area contributed by atoms with E-state index in [2.05, 4.69) is 60.8 Å². The third-order valence-corrected chi connectivity index (χ3v) is 3.88. The van der Waals surface area contributed by atoms with Gasteiger partial charge in [-0.15, -0.1) is 11.3 Å². The smallest absolute Gasteiger partial charge is 0.191 e. The van der Waals surface area contributed by atoms with Crippen LogP contribution in [-0.4, -0.2) is 32.3 Å². The van der Waals surface area contributed by atoms with Crippen molar-refractivity contribution in [3.63, 3.8) is 0 Å². The van der Waals surface area contributed by atoms with Gasteiger partial charge in [0.2, 0.25) is 0 Å². The molecule has 2 N–H and O–H groups in total. The van der Waals surface area contributed by atoms with Gasteiger partial charge in [-0.3, -0.25) is 0 Å². The molecular formula is C15H27N3OS. The van der Waals surface area contributed by atoms with E-state index in [9.17, 15) is 0 Å². The number of hydrogen-bond acceptors (Lipinski definition) is 3. The van der Waals surface area contributed by atoms with Crippen LogP contribution in [0.5, 0.6) is 0 Å². The lowest BCUT2D eigenvalue weighted by molar-refractivity contribution is 0.0205. The Morgan fingerprint density at radius 3 is 2.65 bits per heavy atom. The van der Waals surface area contributed by atoms with Crippen LogP contribution >= 0.6 is 11.3 Å². The van der Waals surface area contributed by atoms with Gasteiger partial charge in [0.05, 0.1) is 12.6 Å². The second-order valence-corrected chi connectivity index (χ2v) is 6.78. The minimum Gasteiger partial charge on any atom is -0.379 e. The molecule has 5 heteroatoms. The standard InChI is InChI=1S/C15H27N3OS/c1-6-16-14(17-10-12-8-7-9-20-12)18-11-13(19-5)15(2,3)4/h7-9,13H,6,10-11H2,1-5H3,(H2,16,17,18). The van der Waals surface area contributed by atoms with Crippen LogP contribution in [0.15, 0.2) is 22.5 Å². The molecule has 0 aliphatic carbocycles. The molecule has 114 valence electrons. The lowest BCUT2D eigenvalue weighted by atomic mass is 9.89. The van der Waals surface area contributed by atoms with Crippen LogP contribution in [0.2, 0.25) is 0 Å². The summed E-state index contributed by atoms with van der Waals surface area (Å²) in [7, 11) is 1.76. The highest BCUT2D eigenvalue weighted by atomic mass is 32.1. The Morgan fingerprint density at radius 2 is 2.15 bits per heavy atom. The van der Waals surface area contributed by atoms with Gasteiger partial charge in [0.25, 0.3) is 0 Å². The molecule has 1 heterocycles. The predicted octanol–water partition coefficient (Wildman–Crippen LogP) is 2.86. The fourth-order valence-corrected chi connectivity index (χ4v) is 2.46. The van der Waals surface area contributed by atoms with Crippen LogP contribution in [0.25, 0.3) is 0 Å². The summed E-state index contributed by atoms with van der Waals surface area (Å²) in [5, 5.41) is 8.70. The first-order valence-electron chi connectivity index (χ1n) is 7.04. The molecule has 0 spiro atoms. The average molecular weight is 297 g/mol. The largest absolute Gasteiger partial charge is 0.379 e. The van der Waals surface area contributed by atoms with E-state index < -0.39 is 0 Å². The average Bonchev–Trinajstić information content (AvgIpc) is 2.88. The van der Waals surface area contributed by atoms with Gasteiger partial charge in [-0.1, -0.05) is 26.8 Å². The molecule has 0 aliphatic heterocycles. The molecule has 0 fully saturated rings. The van der Waals surface area contributed by atoms with Crippen LogP contribution in [0.1, 0.15) is 32.6 Å². The van der Waals surface area contributed by atoms with E-state index in [4.69, 9.17) is 4.74 Å². The molecule has 1 aromatic heterocycles. The number of thiophene rings is 1. The molecule has 0 bridgehead atoms. The van der Waals surface area contributed by atoms with Crippen LogP contribution in [0, 0.1) is 5.41 Å². The van der Waals surface area contributed by atoms with Crippen molar-refractivity contribution >= 4 is 17.3 Å². The lowest BCUT2D eigenvalue weighted by Crippen LogP contribution is -2.45. The Morgan fingerprint density at radius 1 is 1.40 bits per heavy atom. The summed E-state index contributed by atoms with van der Waals surface area (Å²) < 4.78 is 5.55. The maximum Gasteiger partial charge on any atom is 0.191 e. The minimum atomic E-state index is 0.104. The molecule has 20 heavy (non-hydrogen) atoms. The van der Waals surface area contributed by atoms with Crippen LogP contribution in [0.4, 0.5) is 0 Å². The van der Waals surface area contributed by atoms with Crippen molar-refractivity contribution < 1.29 is 4.74 Å². The SMILES string of the molecule is CCNC(=NCc1cccs1)NCC(OC)C(C)(C)C. The van der Waals surface area contributed by atoms with Crippen molar-refractivity contribution in [1.29, 1.82) is 0 Å². The fourth-order valence-electron chi connectivity index (χ4n) is 1.83. The number of aliphatic imine (C=N–C) groups is 1. The summed E-state index contributed by atoms with van der Waals surface area (Å²) in [5.41, 5.74) is 0.104. The molecule has 0 saturated heterocycles. The van der Waals surface area contributed by atoms with E-state index in [0.717, 1.165) is 19.0 Å². The van der Waals surface area contributed by atoms with Crippen molar-refractivity contribution in [3.8, 4) is 0 Å². The molecule has 0 amide bonds. The summed E-state index contributed by atoms with van der Waals surface area (Å²) in [6, 6.07) is 4.15. The van der Waals surface area contributed by atoms with Crippen LogP contribution in [-0.2, 0) is 11.3 Å². The van der Waals surface area contributed by atoms with Crippen molar-refractivity contribution in [2.45, 2.75) is 40.3 Å². The zero-order chi connectivity index (χ0) is 15.0. The lowest BCUT2D eigenvalue weighted by Gasteiger charge is -2.30. The third-order valence-electron chi connectivity index (χ3n) is 3.02. The highest BCUT2D eigenvalue weighted by molar-refractivity contribution is 7.09. The summed E-state index contributed by atoms with van der Waals surface area (Å²) in [4.78, 5) is 5.86. The van der Waals surface area contributed by atoms with E-state index in [0.29, 0.717) is 6.54 Å². The second-order valence-electron chi connectivity index (χ2n) is 5.75. The van der Waals surface area contributed by atoms with Gasteiger partial charge in [-0.2, -0.15) is 0 Å². The zero-order valence-corrected chi connectivity index (χ0v) is 14.0. The van der Waals surface area contributed by atoms with Gasteiger partial charge < -0.3 is 15.4 Å². The molecule has 1 aromatic rings. The predicted molar refractivity (Wildman–Crippen MR) is 87.4 cm³/mol. The number of hydrogen-bond donors (Lipinski definition) is 2. The summed E-state index contributed by atoms with van der Waals surface area (Å²) in [6.45, 7) is 10.9. The summed E-state index contributed by atoms with van der Waals surface area (Å²) in [6.07, 6.45) is 0.146. The van der Waals surface area contributed by atoms with Crippen molar-refractivity contribution in [2.75, 3.05) is 20.2 Å². The highest BCUT2D eigenvalue weighted by Gasteiger charge is 2.24. The molecule has 0 aliphatic rings. The Bertz CT molecular complexity index is 396. The van der Waals surface area contributed by atoms with Gasteiger partial charge >= 0.3 is 0 Å². The Labute approximate surface area is 126 Å². The first-order valence-corrected chi connectivity index (χ1v) is 7.92. The number of rotatable bonds is 6. The number of nitrogens with zero attached hydrogens (tertiary/aromatic N) is 1. The molecule has 1 unspecified atom stereocenters. The topological polar surface area (TPSA) is 45.7 Å². The Balaban J connectivity index is 2.56. The Hall–Kier alpha value is -1.07. The summed E-state index contributed by atoms with van der Waals surface area (Å²) in [5.74, 6) is 0.840. The van der Waals surface area contributed by atoms with E-state index in [1.807, 2.05) is 0 Å². The van der Waals surface area contributed by atoms with Gasteiger partial charge in [-0.25, -0.2) is 4.99 Å². The molecule has 1 rings (SSSR count). The second kappa shape index (κ2) is 8.27. The molecular weight excluding hydrogens is 270 g/mol. The first-order chi connectivity index (χ1) is 9.47. The highest BCUT2D eigenvalue weighted by Crippen LogP contribution is 2.20. The van der Waals surface area contributed by atoms with E-state index in [1.54, 1.807) is 18.4 Å². The van der Waals surface area contributed by atoms with Crippen molar-refractivity contribution in [3.05, 3.63) is 22.4 Å². The number of ether oxygens (including phenoxy) is 1. The molecule has 1 atom stereocenters. The third kappa shape index (κ3) is 5.92. The van der Waals surface area contributed by atoms with Gasteiger partial charge in [0.1, 0.15) is 0 Å².